The summed E-state index contributed by atoms with van der Waals surface area (Å²) in [5, 5.41) is 36.5. The van der Waals surface area contributed by atoms with E-state index in [0.29, 0.717) is 0 Å². The largest absolute Gasteiger partial charge is 0.390 e. The van der Waals surface area contributed by atoms with Gasteiger partial charge in [-0.3, -0.25) is 19.4 Å². The molecule has 1 aromatic carbocycles. The van der Waals surface area contributed by atoms with Gasteiger partial charge >= 0.3 is 0 Å². The minimum absolute atomic E-state index is 0.115. The number of primary amides is 1. The number of amides is 3. The lowest BCUT2D eigenvalue weighted by Gasteiger charge is -2.41. The van der Waals surface area contributed by atoms with Crippen molar-refractivity contribution in [1.29, 1.82) is 0 Å². The normalized spacial score (nSPS) is 26.0. The number of benzene rings is 1. The van der Waals surface area contributed by atoms with Crippen LogP contribution in [0.2, 0.25) is 0 Å². The minimum atomic E-state index is -2.14. The van der Waals surface area contributed by atoms with E-state index in [1.165, 1.54) is 18.5 Å². The van der Waals surface area contributed by atoms with Crippen LogP contribution >= 0.6 is 0 Å². The van der Waals surface area contributed by atoms with E-state index in [4.69, 9.17) is 5.73 Å². The SMILES string of the molecule is NC(=O)[C@@H](Cc1ccccc1)NC(=O)[C@@]1(O)C[C@@H](O)[C@H](O)[C@@H](NC(=O)c2cccnc2)C1. The lowest BCUT2D eigenvalue weighted by atomic mass is 9.77. The molecule has 3 rings (SSSR count). The average Bonchev–Trinajstić information content (AvgIpc) is 2.77. The van der Waals surface area contributed by atoms with Gasteiger partial charge in [-0.05, 0) is 17.7 Å². The monoisotopic (exact) mass is 442 g/mol. The van der Waals surface area contributed by atoms with Crippen LogP contribution in [0.3, 0.4) is 0 Å². The van der Waals surface area contributed by atoms with Gasteiger partial charge in [0.15, 0.2) is 0 Å². The number of aliphatic hydroxyl groups is 3. The second-order valence-corrected chi connectivity index (χ2v) is 7.94. The van der Waals surface area contributed by atoms with E-state index in [2.05, 4.69) is 15.6 Å². The van der Waals surface area contributed by atoms with Crippen LogP contribution < -0.4 is 16.4 Å². The number of nitrogens with two attached hydrogens (primary N) is 1. The molecule has 1 saturated carbocycles. The van der Waals surface area contributed by atoms with Gasteiger partial charge in [0.2, 0.25) is 5.91 Å². The molecule has 0 bridgehead atoms. The maximum Gasteiger partial charge on any atom is 0.253 e. The van der Waals surface area contributed by atoms with Gasteiger partial charge in [-0.15, -0.1) is 0 Å². The molecule has 32 heavy (non-hydrogen) atoms. The zero-order chi connectivity index (χ0) is 23.3. The van der Waals surface area contributed by atoms with E-state index < -0.39 is 54.0 Å². The molecule has 0 saturated heterocycles. The van der Waals surface area contributed by atoms with E-state index in [9.17, 15) is 29.7 Å². The number of nitrogens with zero attached hydrogens (tertiary/aromatic N) is 1. The number of aromatic nitrogens is 1. The van der Waals surface area contributed by atoms with Crippen molar-refractivity contribution < 1.29 is 29.7 Å². The first-order valence-corrected chi connectivity index (χ1v) is 10.1. The zero-order valence-corrected chi connectivity index (χ0v) is 17.2. The number of aliphatic hydroxyl groups excluding tert-OH is 2. The Hall–Kier alpha value is -3.34. The van der Waals surface area contributed by atoms with Crippen molar-refractivity contribution in [1.82, 2.24) is 15.6 Å². The molecule has 10 heteroatoms. The Balaban J connectivity index is 1.72. The van der Waals surface area contributed by atoms with Gasteiger partial charge in [0.25, 0.3) is 11.8 Å². The predicted molar refractivity (Wildman–Crippen MR) is 113 cm³/mol. The van der Waals surface area contributed by atoms with Crippen LogP contribution in [0, 0.1) is 0 Å². The van der Waals surface area contributed by atoms with Crippen LogP contribution in [0.5, 0.6) is 0 Å². The molecule has 0 radical (unpaired) electrons. The minimum Gasteiger partial charge on any atom is -0.390 e. The van der Waals surface area contributed by atoms with E-state index in [0.717, 1.165) is 5.56 Å². The summed E-state index contributed by atoms with van der Waals surface area (Å²) in [6, 6.07) is 9.73. The van der Waals surface area contributed by atoms with Crippen molar-refractivity contribution in [2.75, 3.05) is 0 Å². The molecule has 10 nitrogen and oxygen atoms in total. The molecule has 1 fully saturated rings. The Morgan fingerprint density at radius 3 is 2.47 bits per heavy atom. The van der Waals surface area contributed by atoms with Crippen LogP contribution in [0.15, 0.2) is 54.9 Å². The third-order valence-corrected chi connectivity index (χ3v) is 5.51. The van der Waals surface area contributed by atoms with Crippen LogP contribution in [-0.2, 0) is 16.0 Å². The Labute approximate surface area is 184 Å². The Bertz CT molecular complexity index is 957. The van der Waals surface area contributed by atoms with E-state index in [1.807, 2.05) is 0 Å². The highest BCUT2D eigenvalue weighted by Crippen LogP contribution is 2.30. The summed E-state index contributed by atoms with van der Waals surface area (Å²) in [6.07, 6.45) is -0.815. The van der Waals surface area contributed by atoms with Gasteiger partial charge in [0, 0.05) is 31.7 Å². The summed E-state index contributed by atoms with van der Waals surface area (Å²) in [5.41, 5.74) is 4.25. The molecular weight excluding hydrogens is 416 g/mol. The molecule has 0 unspecified atom stereocenters. The summed E-state index contributed by atoms with van der Waals surface area (Å²) < 4.78 is 0. The fraction of sp³-hybridized carbons (Fsp3) is 0.364. The molecule has 5 atom stereocenters. The van der Waals surface area contributed by atoms with E-state index >= 15 is 0 Å². The van der Waals surface area contributed by atoms with Crippen molar-refractivity contribution in [3.8, 4) is 0 Å². The lowest BCUT2D eigenvalue weighted by molar-refractivity contribution is -0.159. The number of hydrogen-bond acceptors (Lipinski definition) is 7. The van der Waals surface area contributed by atoms with Crippen LogP contribution in [0.4, 0.5) is 0 Å². The molecule has 170 valence electrons. The Kier molecular flexibility index (Phi) is 7.18. The number of nitrogens with one attached hydrogen (secondary N) is 2. The predicted octanol–water partition coefficient (Wildman–Crippen LogP) is -1.36. The number of carbonyl (C=O) groups is 3. The first kappa shape index (κ1) is 23.3. The van der Waals surface area contributed by atoms with Crippen molar-refractivity contribution in [2.45, 2.75) is 49.2 Å². The molecule has 2 aromatic rings. The quantitative estimate of drug-likeness (QED) is 0.307. The topological polar surface area (TPSA) is 175 Å². The number of pyridine rings is 1. The average molecular weight is 442 g/mol. The first-order chi connectivity index (χ1) is 15.2. The third-order valence-electron chi connectivity index (χ3n) is 5.51. The number of carbonyl (C=O) groups excluding carboxylic acids is 3. The second kappa shape index (κ2) is 9.86. The standard InChI is InChI=1S/C22H26N4O6/c23-19(29)15(9-13-5-2-1-3-6-13)26-21(31)22(32)10-16(18(28)17(27)11-22)25-20(30)14-7-4-8-24-12-14/h1-8,12,15-18,27-28,32H,9-11H2,(H2,23,29)(H,25,30)(H,26,31)/t15-,16+,17-,18-,22+/m1/s1. The lowest BCUT2D eigenvalue weighted by Crippen LogP contribution is -2.64. The molecule has 0 aliphatic heterocycles. The molecule has 1 aliphatic rings. The van der Waals surface area contributed by atoms with E-state index in [1.54, 1.807) is 36.4 Å². The van der Waals surface area contributed by atoms with E-state index in [-0.39, 0.29) is 18.4 Å². The summed E-state index contributed by atoms with van der Waals surface area (Å²) in [7, 11) is 0. The fourth-order valence-electron chi connectivity index (χ4n) is 3.74. The molecular formula is C22H26N4O6. The van der Waals surface area contributed by atoms with Crippen molar-refractivity contribution in [3.05, 3.63) is 66.0 Å². The highest BCUT2D eigenvalue weighted by atomic mass is 16.3. The van der Waals surface area contributed by atoms with Gasteiger partial charge < -0.3 is 31.7 Å². The van der Waals surface area contributed by atoms with Crippen LogP contribution in [0.25, 0.3) is 0 Å². The second-order valence-electron chi connectivity index (χ2n) is 7.94. The van der Waals surface area contributed by atoms with Gasteiger partial charge in [0.05, 0.1) is 17.7 Å². The molecule has 1 heterocycles. The highest BCUT2D eigenvalue weighted by molar-refractivity contribution is 5.94. The summed E-state index contributed by atoms with van der Waals surface area (Å²) >= 11 is 0. The third kappa shape index (κ3) is 5.47. The molecule has 1 aromatic heterocycles. The van der Waals surface area contributed by atoms with Crippen molar-refractivity contribution >= 4 is 17.7 Å². The van der Waals surface area contributed by atoms with Gasteiger partial charge in [-0.1, -0.05) is 30.3 Å². The molecule has 3 amide bonds. The van der Waals surface area contributed by atoms with Crippen molar-refractivity contribution in [3.63, 3.8) is 0 Å². The molecule has 1 aliphatic carbocycles. The Morgan fingerprint density at radius 2 is 1.84 bits per heavy atom. The molecule has 7 N–H and O–H groups in total. The van der Waals surface area contributed by atoms with Crippen LogP contribution in [-0.4, -0.2) is 67.9 Å². The van der Waals surface area contributed by atoms with Gasteiger partial charge in [-0.25, -0.2) is 0 Å². The fourth-order valence-corrected chi connectivity index (χ4v) is 3.74. The summed E-state index contributed by atoms with van der Waals surface area (Å²) in [6.45, 7) is 0. The number of rotatable bonds is 7. The zero-order valence-electron chi connectivity index (χ0n) is 17.2. The highest BCUT2D eigenvalue weighted by Gasteiger charge is 2.49. The summed E-state index contributed by atoms with van der Waals surface area (Å²) in [4.78, 5) is 41.0. The van der Waals surface area contributed by atoms with Gasteiger partial charge in [0.1, 0.15) is 17.7 Å². The summed E-state index contributed by atoms with van der Waals surface area (Å²) in [5.74, 6) is -2.30. The molecule has 0 spiro atoms. The first-order valence-electron chi connectivity index (χ1n) is 10.1. The Morgan fingerprint density at radius 1 is 1.12 bits per heavy atom. The maximum absolute atomic E-state index is 12.9. The van der Waals surface area contributed by atoms with Crippen molar-refractivity contribution in [2.24, 2.45) is 5.73 Å². The smallest absolute Gasteiger partial charge is 0.253 e. The maximum atomic E-state index is 12.9. The van der Waals surface area contributed by atoms with Gasteiger partial charge in [-0.2, -0.15) is 0 Å². The van der Waals surface area contributed by atoms with Crippen LogP contribution in [0.1, 0.15) is 28.8 Å². The number of hydrogen-bond donors (Lipinski definition) is 6.